The molecule has 0 spiro atoms. The van der Waals surface area contributed by atoms with Crippen LogP contribution in [0.2, 0.25) is 0 Å². The van der Waals surface area contributed by atoms with Gasteiger partial charge in [-0.05, 0) is 38.3 Å². The molecule has 5 nitrogen and oxygen atoms in total. The van der Waals surface area contributed by atoms with E-state index in [-0.39, 0.29) is 0 Å². The maximum atomic E-state index is 4.74. The van der Waals surface area contributed by atoms with E-state index in [9.17, 15) is 0 Å². The van der Waals surface area contributed by atoms with E-state index in [1.165, 1.54) is 30.5 Å². The van der Waals surface area contributed by atoms with Crippen LogP contribution >= 0.6 is 0 Å². The molecule has 1 atom stereocenters. The van der Waals surface area contributed by atoms with Gasteiger partial charge < -0.3 is 10.6 Å². The summed E-state index contributed by atoms with van der Waals surface area (Å²) in [5.41, 5.74) is 3.63. The van der Waals surface area contributed by atoms with Crippen LogP contribution in [0, 0.1) is 0 Å². The molecule has 0 aliphatic carbocycles. The minimum absolute atomic E-state index is 0.556. The minimum atomic E-state index is 0.556. The molecular formula is C14H19N5. The minimum Gasteiger partial charge on any atom is -0.368 e. The molecule has 1 saturated heterocycles. The predicted molar refractivity (Wildman–Crippen MR) is 74.6 cm³/mol. The van der Waals surface area contributed by atoms with Gasteiger partial charge in [0.1, 0.15) is 0 Å². The van der Waals surface area contributed by atoms with E-state index >= 15 is 0 Å². The molecule has 0 bridgehead atoms. The van der Waals surface area contributed by atoms with Gasteiger partial charge in [-0.3, -0.25) is 0 Å². The largest absolute Gasteiger partial charge is 0.368 e. The number of fused-ring (bicyclic) bond motifs is 3. The molecule has 2 aromatic rings. The highest BCUT2D eigenvalue weighted by Crippen LogP contribution is 2.28. The van der Waals surface area contributed by atoms with Crippen molar-refractivity contribution in [3.63, 3.8) is 0 Å². The lowest BCUT2D eigenvalue weighted by Crippen LogP contribution is -2.29. The second kappa shape index (κ2) is 4.49. The monoisotopic (exact) mass is 257 g/mol. The maximum absolute atomic E-state index is 4.74. The molecule has 4 rings (SSSR count). The van der Waals surface area contributed by atoms with Gasteiger partial charge in [-0.25, -0.2) is 9.50 Å². The van der Waals surface area contributed by atoms with Crippen molar-refractivity contribution in [3.8, 4) is 0 Å². The van der Waals surface area contributed by atoms with Gasteiger partial charge >= 0.3 is 0 Å². The normalized spacial score (nSPS) is 23.1. The lowest BCUT2D eigenvalue weighted by molar-refractivity contribution is 0.448. The van der Waals surface area contributed by atoms with Crippen molar-refractivity contribution in [1.29, 1.82) is 0 Å². The van der Waals surface area contributed by atoms with Crippen molar-refractivity contribution < 1.29 is 0 Å². The molecule has 1 unspecified atom stereocenters. The fourth-order valence-corrected chi connectivity index (χ4v) is 3.27. The number of hydrogen-bond acceptors (Lipinski definition) is 4. The Bertz CT molecular complexity index is 597. The summed E-state index contributed by atoms with van der Waals surface area (Å²) in [6, 6.07) is 2.13. The lowest BCUT2D eigenvalue weighted by atomic mass is 9.96. The highest BCUT2D eigenvalue weighted by Gasteiger charge is 2.22. The van der Waals surface area contributed by atoms with Crippen molar-refractivity contribution in [2.75, 3.05) is 25.0 Å². The summed E-state index contributed by atoms with van der Waals surface area (Å²) in [4.78, 5) is 4.55. The Morgan fingerprint density at radius 3 is 3.16 bits per heavy atom. The maximum Gasteiger partial charge on any atom is 0.160 e. The van der Waals surface area contributed by atoms with E-state index in [0.29, 0.717) is 5.92 Å². The predicted octanol–water partition coefficient (Wildman–Crippen LogP) is 1.55. The number of nitrogens with one attached hydrogen (secondary N) is 2. The Kier molecular flexibility index (Phi) is 2.65. The Balaban J connectivity index is 1.84. The average Bonchev–Trinajstić information content (AvgIpc) is 2.87. The third kappa shape index (κ3) is 1.80. The van der Waals surface area contributed by atoms with Crippen molar-refractivity contribution in [2.45, 2.75) is 31.6 Å². The highest BCUT2D eigenvalue weighted by molar-refractivity contribution is 5.62. The first-order valence-electron chi connectivity index (χ1n) is 7.24. The molecule has 2 aliphatic rings. The van der Waals surface area contributed by atoms with Crippen LogP contribution in [0.25, 0.3) is 5.65 Å². The van der Waals surface area contributed by atoms with Gasteiger partial charge in [0.2, 0.25) is 0 Å². The second-order valence-electron chi connectivity index (χ2n) is 5.51. The third-order valence-electron chi connectivity index (χ3n) is 4.25. The summed E-state index contributed by atoms with van der Waals surface area (Å²) in [6.45, 7) is 3.22. The van der Waals surface area contributed by atoms with E-state index in [1.807, 2.05) is 6.20 Å². The van der Waals surface area contributed by atoms with Crippen LogP contribution < -0.4 is 10.6 Å². The first kappa shape index (κ1) is 11.2. The molecule has 0 saturated carbocycles. The molecular weight excluding hydrogens is 238 g/mol. The van der Waals surface area contributed by atoms with Crippen molar-refractivity contribution in [2.24, 2.45) is 0 Å². The smallest absolute Gasteiger partial charge is 0.160 e. The molecule has 100 valence electrons. The third-order valence-corrected chi connectivity index (χ3v) is 4.25. The van der Waals surface area contributed by atoms with Gasteiger partial charge in [-0.2, -0.15) is 0 Å². The van der Waals surface area contributed by atoms with Crippen LogP contribution in [-0.2, 0) is 6.42 Å². The van der Waals surface area contributed by atoms with Gasteiger partial charge in [0.25, 0.3) is 0 Å². The van der Waals surface area contributed by atoms with Gasteiger partial charge in [0.15, 0.2) is 11.5 Å². The molecule has 2 N–H and O–H groups in total. The molecule has 2 aliphatic heterocycles. The molecule has 1 fully saturated rings. The van der Waals surface area contributed by atoms with Crippen LogP contribution in [0.1, 0.15) is 36.4 Å². The zero-order chi connectivity index (χ0) is 12.7. The fraction of sp³-hybridized carbons (Fsp3) is 0.571. The molecule has 0 amide bonds. The SMILES string of the molecule is c1cc(C2CCCNC2)n2nc3c(c2n1)CCCN3. The van der Waals surface area contributed by atoms with Gasteiger partial charge in [0.05, 0.1) is 5.69 Å². The second-order valence-corrected chi connectivity index (χ2v) is 5.51. The Labute approximate surface area is 112 Å². The Morgan fingerprint density at radius 1 is 1.26 bits per heavy atom. The summed E-state index contributed by atoms with van der Waals surface area (Å²) < 4.78 is 2.07. The summed E-state index contributed by atoms with van der Waals surface area (Å²) in [7, 11) is 0. The van der Waals surface area contributed by atoms with Crippen molar-refractivity contribution >= 4 is 11.5 Å². The summed E-state index contributed by atoms with van der Waals surface area (Å²) in [5.74, 6) is 1.59. The number of anilines is 1. The quantitative estimate of drug-likeness (QED) is 0.814. The van der Waals surface area contributed by atoms with E-state index < -0.39 is 0 Å². The standard InChI is InChI=1S/C14H19N5/c1-3-10(9-15-6-1)12-5-8-17-14-11-4-2-7-16-13(11)18-19(12)14/h5,8,10,15H,1-4,6-7,9H2,(H,16,18). The summed E-state index contributed by atoms with van der Waals surface area (Å²) >= 11 is 0. The molecule has 0 radical (unpaired) electrons. The number of rotatable bonds is 1. The van der Waals surface area contributed by atoms with Crippen LogP contribution in [-0.4, -0.2) is 34.2 Å². The average molecular weight is 257 g/mol. The highest BCUT2D eigenvalue weighted by atomic mass is 15.3. The van der Waals surface area contributed by atoms with E-state index in [2.05, 4.69) is 26.2 Å². The van der Waals surface area contributed by atoms with Gasteiger partial charge in [0, 0.05) is 30.8 Å². The van der Waals surface area contributed by atoms with Crippen LogP contribution in [0.5, 0.6) is 0 Å². The van der Waals surface area contributed by atoms with E-state index in [4.69, 9.17) is 5.10 Å². The fourth-order valence-electron chi connectivity index (χ4n) is 3.27. The Hall–Kier alpha value is -1.62. The summed E-state index contributed by atoms with van der Waals surface area (Å²) in [6.07, 6.45) is 6.68. The lowest BCUT2D eigenvalue weighted by Gasteiger charge is -2.23. The molecule has 4 heterocycles. The first-order valence-corrected chi connectivity index (χ1v) is 7.24. The topological polar surface area (TPSA) is 54.2 Å². The van der Waals surface area contributed by atoms with Crippen molar-refractivity contribution in [1.82, 2.24) is 19.9 Å². The molecule has 2 aromatic heterocycles. The number of aromatic nitrogens is 3. The molecule has 19 heavy (non-hydrogen) atoms. The number of hydrogen-bond donors (Lipinski definition) is 2. The van der Waals surface area contributed by atoms with Gasteiger partial charge in [-0.15, -0.1) is 5.10 Å². The van der Waals surface area contributed by atoms with Crippen molar-refractivity contribution in [3.05, 3.63) is 23.5 Å². The van der Waals surface area contributed by atoms with Crippen LogP contribution in [0.4, 0.5) is 5.82 Å². The number of nitrogens with zero attached hydrogens (tertiary/aromatic N) is 3. The number of piperidine rings is 1. The zero-order valence-electron chi connectivity index (χ0n) is 11.0. The first-order chi connectivity index (χ1) is 9.43. The Morgan fingerprint density at radius 2 is 2.26 bits per heavy atom. The van der Waals surface area contributed by atoms with Crippen LogP contribution in [0.3, 0.4) is 0 Å². The van der Waals surface area contributed by atoms with E-state index in [0.717, 1.165) is 37.5 Å². The van der Waals surface area contributed by atoms with Gasteiger partial charge in [-0.1, -0.05) is 0 Å². The molecule has 0 aromatic carbocycles. The zero-order valence-corrected chi connectivity index (χ0v) is 11.0. The number of aryl methyl sites for hydroxylation is 1. The molecule has 5 heteroatoms. The summed E-state index contributed by atoms with van der Waals surface area (Å²) in [5, 5.41) is 11.6. The van der Waals surface area contributed by atoms with Crippen LogP contribution in [0.15, 0.2) is 12.3 Å². The van der Waals surface area contributed by atoms with E-state index in [1.54, 1.807) is 0 Å².